The number of amides is 1. The van der Waals surface area contributed by atoms with Crippen LogP contribution < -0.4 is 14.8 Å². The highest BCUT2D eigenvalue weighted by Gasteiger charge is 2.15. The first-order valence-corrected chi connectivity index (χ1v) is 8.02. The molecule has 22 heavy (non-hydrogen) atoms. The Labute approximate surface area is 132 Å². The number of hydrogen-bond donors (Lipinski definition) is 1. The monoisotopic (exact) mass is 303 g/mol. The molecule has 0 heterocycles. The van der Waals surface area contributed by atoms with E-state index >= 15 is 0 Å². The Balaban J connectivity index is 1.96. The third-order valence-corrected chi connectivity index (χ3v) is 3.78. The van der Waals surface area contributed by atoms with Crippen LogP contribution in [0.1, 0.15) is 44.6 Å². The molecule has 1 aliphatic carbocycles. The fourth-order valence-corrected chi connectivity index (χ4v) is 2.61. The summed E-state index contributed by atoms with van der Waals surface area (Å²) < 4.78 is 11.0. The summed E-state index contributed by atoms with van der Waals surface area (Å²) in [7, 11) is 1.62. The maximum absolute atomic E-state index is 11.9. The maximum Gasteiger partial charge on any atom is 0.244 e. The smallest absolute Gasteiger partial charge is 0.244 e. The Kier molecular flexibility index (Phi) is 6.31. The second-order valence-electron chi connectivity index (χ2n) is 5.58. The molecule has 0 spiro atoms. The van der Waals surface area contributed by atoms with Gasteiger partial charge in [0, 0.05) is 12.1 Å². The lowest BCUT2D eigenvalue weighted by Gasteiger charge is -2.11. The van der Waals surface area contributed by atoms with Crippen LogP contribution in [0, 0.1) is 0 Å². The second kappa shape index (κ2) is 8.47. The number of carbonyl (C=O) groups is 1. The van der Waals surface area contributed by atoms with Crippen LogP contribution in [0.25, 0.3) is 6.08 Å². The number of benzene rings is 1. The summed E-state index contributed by atoms with van der Waals surface area (Å²) in [6.07, 6.45) is 8.95. The molecule has 0 radical (unpaired) electrons. The first kappa shape index (κ1) is 16.4. The first-order valence-electron chi connectivity index (χ1n) is 8.02. The van der Waals surface area contributed by atoms with Gasteiger partial charge in [0.1, 0.15) is 0 Å². The molecule has 1 aliphatic rings. The van der Waals surface area contributed by atoms with Crippen LogP contribution in [0.15, 0.2) is 24.3 Å². The Morgan fingerprint density at radius 3 is 2.77 bits per heavy atom. The standard InChI is InChI=1S/C18H25NO3/c1-3-12-22-16-10-8-14(13-17(16)21-2)9-11-18(20)19-15-6-4-5-7-15/h8-11,13,15H,3-7,12H2,1-2H3,(H,19,20)/b11-9+. The minimum atomic E-state index is -0.0304. The molecule has 0 atom stereocenters. The van der Waals surface area contributed by atoms with Gasteiger partial charge in [0.05, 0.1) is 13.7 Å². The summed E-state index contributed by atoms with van der Waals surface area (Å²) in [5, 5.41) is 3.04. The number of hydrogen-bond acceptors (Lipinski definition) is 3. The van der Waals surface area contributed by atoms with Crippen LogP contribution in [0.2, 0.25) is 0 Å². The molecule has 0 unspecified atom stereocenters. The van der Waals surface area contributed by atoms with Gasteiger partial charge in [-0.3, -0.25) is 4.79 Å². The predicted molar refractivity (Wildman–Crippen MR) is 88.2 cm³/mol. The minimum absolute atomic E-state index is 0.0304. The summed E-state index contributed by atoms with van der Waals surface area (Å²) in [5.74, 6) is 1.39. The molecular formula is C18H25NO3. The molecule has 2 rings (SSSR count). The van der Waals surface area contributed by atoms with E-state index in [4.69, 9.17) is 9.47 Å². The van der Waals surface area contributed by atoms with Crippen LogP contribution >= 0.6 is 0 Å². The van der Waals surface area contributed by atoms with Gasteiger partial charge in [-0.25, -0.2) is 0 Å². The second-order valence-corrected chi connectivity index (χ2v) is 5.58. The topological polar surface area (TPSA) is 47.6 Å². The van der Waals surface area contributed by atoms with Crippen LogP contribution in [0.5, 0.6) is 11.5 Å². The van der Waals surface area contributed by atoms with E-state index in [1.807, 2.05) is 18.2 Å². The molecule has 0 saturated heterocycles. The van der Waals surface area contributed by atoms with Crippen molar-refractivity contribution >= 4 is 12.0 Å². The molecule has 1 aromatic carbocycles. The van der Waals surface area contributed by atoms with Crippen molar-refractivity contribution in [1.82, 2.24) is 5.32 Å². The summed E-state index contributed by atoms with van der Waals surface area (Å²) in [5.41, 5.74) is 0.919. The van der Waals surface area contributed by atoms with Crippen molar-refractivity contribution < 1.29 is 14.3 Å². The van der Waals surface area contributed by atoms with E-state index in [-0.39, 0.29) is 5.91 Å². The van der Waals surface area contributed by atoms with Gasteiger partial charge in [0.25, 0.3) is 0 Å². The third-order valence-electron chi connectivity index (χ3n) is 3.78. The number of methoxy groups -OCH3 is 1. The average molecular weight is 303 g/mol. The molecule has 1 N–H and O–H groups in total. The third kappa shape index (κ3) is 4.79. The van der Waals surface area contributed by atoms with Crippen LogP contribution in [-0.2, 0) is 4.79 Å². The summed E-state index contributed by atoms with van der Waals surface area (Å²) >= 11 is 0. The highest BCUT2D eigenvalue weighted by Crippen LogP contribution is 2.28. The van der Waals surface area contributed by atoms with Crippen LogP contribution in [0.3, 0.4) is 0 Å². The van der Waals surface area contributed by atoms with E-state index < -0.39 is 0 Å². The molecule has 0 aliphatic heterocycles. The van der Waals surface area contributed by atoms with Crippen LogP contribution in [-0.4, -0.2) is 25.7 Å². The lowest BCUT2D eigenvalue weighted by atomic mass is 10.2. The van der Waals surface area contributed by atoms with Gasteiger partial charge in [-0.15, -0.1) is 0 Å². The van der Waals surface area contributed by atoms with E-state index in [2.05, 4.69) is 12.2 Å². The van der Waals surface area contributed by atoms with E-state index in [0.29, 0.717) is 18.4 Å². The van der Waals surface area contributed by atoms with Crippen molar-refractivity contribution in [1.29, 1.82) is 0 Å². The van der Waals surface area contributed by atoms with E-state index in [1.165, 1.54) is 12.8 Å². The van der Waals surface area contributed by atoms with Gasteiger partial charge in [0.2, 0.25) is 5.91 Å². The van der Waals surface area contributed by atoms with E-state index in [9.17, 15) is 4.79 Å². The first-order chi connectivity index (χ1) is 10.7. The lowest BCUT2D eigenvalue weighted by Crippen LogP contribution is -2.30. The van der Waals surface area contributed by atoms with Gasteiger partial charge in [-0.2, -0.15) is 0 Å². The van der Waals surface area contributed by atoms with Crippen LogP contribution in [0.4, 0.5) is 0 Å². The predicted octanol–water partition coefficient (Wildman–Crippen LogP) is 3.56. The fourth-order valence-electron chi connectivity index (χ4n) is 2.61. The minimum Gasteiger partial charge on any atom is -0.493 e. The highest BCUT2D eigenvalue weighted by atomic mass is 16.5. The van der Waals surface area contributed by atoms with Gasteiger partial charge in [-0.05, 0) is 43.0 Å². The summed E-state index contributed by atoms with van der Waals surface area (Å²) in [6, 6.07) is 6.02. The SMILES string of the molecule is CCCOc1ccc(/C=C/C(=O)NC2CCCC2)cc1OC. The van der Waals surface area contributed by atoms with E-state index in [0.717, 1.165) is 30.6 Å². The Bertz CT molecular complexity index is 519. The Morgan fingerprint density at radius 2 is 2.09 bits per heavy atom. The van der Waals surface area contributed by atoms with Crippen molar-refractivity contribution in [3.63, 3.8) is 0 Å². The van der Waals surface area contributed by atoms with Gasteiger partial charge in [0.15, 0.2) is 11.5 Å². The fraction of sp³-hybridized carbons (Fsp3) is 0.500. The average Bonchev–Trinajstić information content (AvgIpc) is 3.04. The van der Waals surface area contributed by atoms with Gasteiger partial charge < -0.3 is 14.8 Å². The van der Waals surface area contributed by atoms with Crippen molar-refractivity contribution in [3.05, 3.63) is 29.8 Å². The van der Waals surface area contributed by atoms with Crippen molar-refractivity contribution in [2.24, 2.45) is 0 Å². The molecule has 1 aromatic rings. The van der Waals surface area contributed by atoms with Crippen molar-refractivity contribution in [2.75, 3.05) is 13.7 Å². The number of carbonyl (C=O) groups excluding carboxylic acids is 1. The molecule has 1 saturated carbocycles. The molecule has 1 amide bonds. The normalized spacial score (nSPS) is 15.2. The Morgan fingerprint density at radius 1 is 1.32 bits per heavy atom. The molecule has 1 fully saturated rings. The zero-order chi connectivity index (χ0) is 15.8. The highest BCUT2D eigenvalue weighted by molar-refractivity contribution is 5.92. The molecule has 120 valence electrons. The van der Waals surface area contributed by atoms with E-state index in [1.54, 1.807) is 19.3 Å². The van der Waals surface area contributed by atoms with Crippen molar-refractivity contribution in [2.45, 2.75) is 45.1 Å². The van der Waals surface area contributed by atoms with Crippen molar-refractivity contribution in [3.8, 4) is 11.5 Å². The summed E-state index contributed by atoms with van der Waals surface area (Å²) in [4.78, 5) is 11.9. The Hall–Kier alpha value is -1.97. The molecule has 0 bridgehead atoms. The lowest BCUT2D eigenvalue weighted by molar-refractivity contribution is -0.117. The zero-order valence-corrected chi connectivity index (χ0v) is 13.4. The molecule has 0 aromatic heterocycles. The number of rotatable bonds is 7. The molecule has 4 nitrogen and oxygen atoms in total. The number of nitrogens with one attached hydrogen (secondary N) is 1. The number of ether oxygens (including phenoxy) is 2. The quantitative estimate of drug-likeness (QED) is 0.784. The molecular weight excluding hydrogens is 278 g/mol. The maximum atomic E-state index is 11.9. The van der Waals surface area contributed by atoms with Gasteiger partial charge >= 0.3 is 0 Å². The van der Waals surface area contributed by atoms with Gasteiger partial charge in [-0.1, -0.05) is 25.8 Å². The summed E-state index contributed by atoms with van der Waals surface area (Å²) in [6.45, 7) is 2.72. The molecule has 4 heteroatoms. The largest absolute Gasteiger partial charge is 0.493 e. The zero-order valence-electron chi connectivity index (χ0n) is 13.4.